The lowest BCUT2D eigenvalue weighted by Crippen LogP contribution is -1.95. The predicted octanol–water partition coefficient (Wildman–Crippen LogP) is 2.64. The van der Waals surface area contributed by atoms with E-state index in [1.54, 1.807) is 23.8 Å². The first-order chi connectivity index (χ1) is 9.20. The van der Waals surface area contributed by atoms with Gasteiger partial charge in [0.15, 0.2) is 11.5 Å². The van der Waals surface area contributed by atoms with Gasteiger partial charge in [-0.25, -0.2) is 0 Å². The van der Waals surface area contributed by atoms with Crippen LogP contribution in [0.1, 0.15) is 0 Å². The SMILES string of the molecule is COc1cccc(-c2nnc3c(N)c(Cl)ccn23)c1. The van der Waals surface area contributed by atoms with Crippen LogP contribution in [0.4, 0.5) is 5.69 Å². The molecule has 0 unspecified atom stereocenters. The average molecular weight is 275 g/mol. The number of anilines is 1. The maximum Gasteiger partial charge on any atom is 0.185 e. The van der Waals surface area contributed by atoms with Crippen LogP contribution in [0, 0.1) is 0 Å². The number of methoxy groups -OCH3 is 1. The summed E-state index contributed by atoms with van der Waals surface area (Å²) in [6.07, 6.45) is 1.79. The van der Waals surface area contributed by atoms with Crippen LogP contribution >= 0.6 is 11.6 Å². The van der Waals surface area contributed by atoms with Gasteiger partial charge in [-0.3, -0.25) is 4.40 Å². The van der Waals surface area contributed by atoms with E-state index in [1.165, 1.54) is 0 Å². The number of fused-ring (bicyclic) bond motifs is 1. The maximum atomic E-state index is 5.96. The zero-order valence-corrected chi connectivity index (χ0v) is 10.9. The predicted molar refractivity (Wildman–Crippen MR) is 74.4 cm³/mol. The number of nitrogens with zero attached hydrogens (tertiary/aromatic N) is 3. The van der Waals surface area contributed by atoms with Crippen molar-refractivity contribution in [2.45, 2.75) is 0 Å². The van der Waals surface area contributed by atoms with Gasteiger partial charge < -0.3 is 10.5 Å². The second-order valence-electron chi connectivity index (χ2n) is 4.03. The molecule has 6 heteroatoms. The van der Waals surface area contributed by atoms with Crippen LogP contribution < -0.4 is 10.5 Å². The molecule has 0 spiro atoms. The Balaban J connectivity index is 2.23. The summed E-state index contributed by atoms with van der Waals surface area (Å²) in [6.45, 7) is 0. The van der Waals surface area contributed by atoms with Crippen molar-refractivity contribution in [2.75, 3.05) is 12.8 Å². The van der Waals surface area contributed by atoms with Gasteiger partial charge in [-0.2, -0.15) is 0 Å². The third-order valence-electron chi connectivity index (χ3n) is 2.89. The summed E-state index contributed by atoms with van der Waals surface area (Å²) in [5.74, 6) is 1.45. The highest BCUT2D eigenvalue weighted by atomic mass is 35.5. The van der Waals surface area contributed by atoms with Gasteiger partial charge >= 0.3 is 0 Å². The summed E-state index contributed by atoms with van der Waals surface area (Å²) in [4.78, 5) is 0. The van der Waals surface area contributed by atoms with Gasteiger partial charge in [0.05, 0.1) is 17.8 Å². The zero-order chi connectivity index (χ0) is 13.4. The van der Waals surface area contributed by atoms with Crippen LogP contribution in [0.5, 0.6) is 5.75 Å². The van der Waals surface area contributed by atoms with Crippen molar-refractivity contribution in [1.29, 1.82) is 0 Å². The highest BCUT2D eigenvalue weighted by molar-refractivity contribution is 6.33. The van der Waals surface area contributed by atoms with Crippen LogP contribution in [0.2, 0.25) is 5.02 Å². The average Bonchev–Trinajstić information content (AvgIpc) is 2.87. The minimum absolute atomic E-state index is 0.422. The van der Waals surface area contributed by atoms with Gasteiger partial charge in [0.1, 0.15) is 5.75 Å². The molecule has 0 atom stereocenters. The summed E-state index contributed by atoms with van der Waals surface area (Å²) in [6, 6.07) is 9.31. The third-order valence-corrected chi connectivity index (χ3v) is 3.22. The van der Waals surface area contributed by atoms with Crippen molar-refractivity contribution < 1.29 is 4.74 Å². The lowest BCUT2D eigenvalue weighted by Gasteiger charge is -2.04. The summed E-state index contributed by atoms with van der Waals surface area (Å²) in [5, 5.41) is 8.70. The number of hydrogen-bond acceptors (Lipinski definition) is 4. The Labute approximate surface area is 114 Å². The monoisotopic (exact) mass is 274 g/mol. The van der Waals surface area contributed by atoms with E-state index in [9.17, 15) is 0 Å². The summed E-state index contributed by atoms with van der Waals surface area (Å²) in [7, 11) is 1.62. The standard InChI is InChI=1S/C13H11ClN4O/c1-19-9-4-2-3-8(7-9)12-16-17-13-11(15)10(14)5-6-18(12)13/h2-7H,15H2,1H3. The van der Waals surface area contributed by atoms with E-state index in [0.29, 0.717) is 22.2 Å². The molecule has 0 saturated heterocycles. The number of nitrogens with two attached hydrogens (primary N) is 1. The van der Waals surface area contributed by atoms with Gasteiger partial charge in [0, 0.05) is 11.8 Å². The Bertz CT molecular complexity index is 753. The molecule has 5 nitrogen and oxygen atoms in total. The van der Waals surface area contributed by atoms with Gasteiger partial charge in [0.25, 0.3) is 0 Å². The zero-order valence-electron chi connectivity index (χ0n) is 10.2. The van der Waals surface area contributed by atoms with E-state index in [-0.39, 0.29) is 0 Å². The number of nitrogen functional groups attached to an aromatic ring is 1. The van der Waals surface area contributed by atoms with Crippen molar-refractivity contribution in [3.8, 4) is 17.1 Å². The van der Waals surface area contributed by atoms with E-state index in [2.05, 4.69) is 10.2 Å². The maximum absolute atomic E-state index is 5.96. The molecule has 1 aromatic carbocycles. The Kier molecular flexibility index (Phi) is 2.76. The Morgan fingerprint density at radius 1 is 1.26 bits per heavy atom. The van der Waals surface area contributed by atoms with Crippen LogP contribution in [0.25, 0.3) is 17.0 Å². The number of aromatic nitrogens is 3. The first kappa shape index (κ1) is 11.8. The Hall–Kier alpha value is -2.27. The molecular weight excluding hydrogens is 264 g/mol. The first-order valence-electron chi connectivity index (χ1n) is 5.64. The molecule has 0 bridgehead atoms. The molecule has 2 aromatic heterocycles. The quantitative estimate of drug-likeness (QED) is 0.780. The normalized spacial score (nSPS) is 10.8. The van der Waals surface area contributed by atoms with Crippen LogP contribution in [-0.2, 0) is 0 Å². The molecule has 0 aliphatic carbocycles. The number of ether oxygens (including phenoxy) is 1. The van der Waals surface area contributed by atoms with Crippen molar-refractivity contribution >= 4 is 22.9 Å². The molecule has 0 fully saturated rings. The molecule has 0 radical (unpaired) electrons. The number of hydrogen-bond donors (Lipinski definition) is 1. The summed E-state index contributed by atoms with van der Waals surface area (Å²) >= 11 is 5.96. The molecule has 0 saturated carbocycles. The number of halogens is 1. The number of rotatable bonds is 2. The van der Waals surface area contributed by atoms with Crippen molar-refractivity contribution in [2.24, 2.45) is 0 Å². The fourth-order valence-corrected chi connectivity index (χ4v) is 2.05. The lowest BCUT2D eigenvalue weighted by atomic mass is 10.2. The van der Waals surface area contributed by atoms with Crippen molar-refractivity contribution in [1.82, 2.24) is 14.6 Å². The number of pyridine rings is 1. The van der Waals surface area contributed by atoms with Gasteiger partial charge in [-0.1, -0.05) is 23.7 Å². The molecule has 2 heterocycles. The van der Waals surface area contributed by atoms with Crippen LogP contribution in [0.3, 0.4) is 0 Å². The van der Waals surface area contributed by atoms with Crippen molar-refractivity contribution in [3.05, 3.63) is 41.6 Å². The fraction of sp³-hybridized carbons (Fsp3) is 0.0769. The molecule has 3 rings (SSSR count). The highest BCUT2D eigenvalue weighted by Crippen LogP contribution is 2.27. The highest BCUT2D eigenvalue weighted by Gasteiger charge is 2.12. The van der Waals surface area contributed by atoms with E-state index >= 15 is 0 Å². The fourth-order valence-electron chi connectivity index (χ4n) is 1.91. The second-order valence-corrected chi connectivity index (χ2v) is 4.43. The molecule has 0 aliphatic rings. The van der Waals surface area contributed by atoms with Gasteiger partial charge in [-0.15, -0.1) is 10.2 Å². The lowest BCUT2D eigenvalue weighted by molar-refractivity contribution is 0.415. The van der Waals surface area contributed by atoms with Gasteiger partial charge in [-0.05, 0) is 18.2 Å². The molecule has 96 valence electrons. The van der Waals surface area contributed by atoms with Gasteiger partial charge in [0.2, 0.25) is 0 Å². The Morgan fingerprint density at radius 3 is 2.89 bits per heavy atom. The molecule has 0 aliphatic heterocycles. The van der Waals surface area contributed by atoms with Crippen LogP contribution in [0.15, 0.2) is 36.5 Å². The van der Waals surface area contributed by atoms with E-state index in [1.807, 2.05) is 24.3 Å². The molecular formula is C13H11ClN4O. The summed E-state index contributed by atoms with van der Waals surface area (Å²) < 4.78 is 7.01. The van der Waals surface area contributed by atoms with E-state index in [0.717, 1.165) is 11.3 Å². The second kappa shape index (κ2) is 4.44. The van der Waals surface area contributed by atoms with E-state index < -0.39 is 0 Å². The molecule has 2 N–H and O–H groups in total. The van der Waals surface area contributed by atoms with E-state index in [4.69, 9.17) is 22.1 Å². The number of benzene rings is 1. The largest absolute Gasteiger partial charge is 0.497 e. The molecule has 19 heavy (non-hydrogen) atoms. The minimum Gasteiger partial charge on any atom is -0.497 e. The van der Waals surface area contributed by atoms with Crippen LogP contribution in [-0.4, -0.2) is 21.7 Å². The van der Waals surface area contributed by atoms with Crippen molar-refractivity contribution in [3.63, 3.8) is 0 Å². The summed E-state index contributed by atoms with van der Waals surface area (Å²) in [5.41, 5.74) is 7.75. The Morgan fingerprint density at radius 2 is 2.11 bits per heavy atom. The molecule has 0 amide bonds. The minimum atomic E-state index is 0.422. The molecule has 3 aromatic rings. The topological polar surface area (TPSA) is 65.4 Å². The smallest absolute Gasteiger partial charge is 0.185 e. The third kappa shape index (κ3) is 1.88. The first-order valence-corrected chi connectivity index (χ1v) is 6.01.